The molecule has 0 N–H and O–H groups in total. The van der Waals surface area contributed by atoms with Crippen molar-refractivity contribution in [2.45, 2.75) is 45.1 Å². The number of nitrogens with zero attached hydrogens (tertiary/aromatic N) is 3. The fraction of sp³-hybridized carbons (Fsp3) is 0.233. The highest BCUT2D eigenvalue weighted by Gasteiger charge is 2.29. The highest BCUT2D eigenvalue weighted by molar-refractivity contribution is 6.00. The van der Waals surface area contributed by atoms with E-state index in [9.17, 15) is 9.18 Å². The lowest BCUT2D eigenvalue weighted by molar-refractivity contribution is 0.0849. The summed E-state index contributed by atoms with van der Waals surface area (Å²) in [6.07, 6.45) is 5.63. The van der Waals surface area contributed by atoms with E-state index in [1.54, 1.807) is 47.3 Å². The first-order valence-corrected chi connectivity index (χ1v) is 12.4. The molecule has 3 aromatic carbocycles. The summed E-state index contributed by atoms with van der Waals surface area (Å²) in [7, 11) is 0. The Labute approximate surface area is 219 Å². The summed E-state index contributed by atoms with van der Waals surface area (Å²) >= 11 is 0. The Morgan fingerprint density at radius 2 is 1.97 bits per heavy atom. The van der Waals surface area contributed by atoms with Gasteiger partial charge >= 0.3 is 0 Å². The summed E-state index contributed by atoms with van der Waals surface area (Å²) in [6, 6.07) is 17.6. The van der Waals surface area contributed by atoms with Crippen molar-refractivity contribution in [3.05, 3.63) is 107 Å². The second-order valence-electron chi connectivity index (χ2n) is 10.0. The first-order valence-electron chi connectivity index (χ1n) is 12.4. The van der Waals surface area contributed by atoms with Crippen molar-refractivity contribution < 1.29 is 23.4 Å². The predicted octanol–water partition coefficient (Wildman–Crippen LogP) is 5.94. The molecule has 0 fully saturated rings. The molecular weight excluding hydrogens is 485 g/mol. The third-order valence-electron chi connectivity index (χ3n) is 6.60. The van der Waals surface area contributed by atoms with Gasteiger partial charge in [-0.15, -0.1) is 5.10 Å². The Kier molecular flexibility index (Phi) is 5.94. The highest BCUT2D eigenvalue weighted by Crippen LogP contribution is 2.39. The van der Waals surface area contributed by atoms with Crippen LogP contribution in [0.15, 0.2) is 72.9 Å². The number of hydrogen-bond donors (Lipinski definition) is 0. The predicted molar refractivity (Wildman–Crippen MR) is 139 cm³/mol. The van der Waals surface area contributed by atoms with Gasteiger partial charge in [0, 0.05) is 17.2 Å². The Morgan fingerprint density at radius 1 is 1.11 bits per heavy atom. The van der Waals surface area contributed by atoms with Gasteiger partial charge in [-0.25, -0.2) is 9.07 Å². The molecule has 0 aliphatic carbocycles. The summed E-state index contributed by atoms with van der Waals surface area (Å²) in [5.41, 5.74) is 3.18. The average molecular weight is 512 g/mol. The zero-order valence-corrected chi connectivity index (χ0v) is 21.1. The summed E-state index contributed by atoms with van der Waals surface area (Å²) < 4.78 is 33.7. The second kappa shape index (κ2) is 9.45. The molecule has 3 heterocycles. The molecule has 1 atom stereocenters. The van der Waals surface area contributed by atoms with E-state index in [0.717, 1.165) is 16.9 Å². The quantitative estimate of drug-likeness (QED) is 0.319. The number of ether oxygens (including phenoxy) is 3. The number of fused-ring (bicyclic) bond motifs is 2. The van der Waals surface area contributed by atoms with Crippen molar-refractivity contribution in [3.63, 3.8) is 0 Å². The molecule has 0 saturated carbocycles. The van der Waals surface area contributed by atoms with Crippen molar-refractivity contribution >= 4 is 11.9 Å². The van der Waals surface area contributed by atoms with Gasteiger partial charge in [-0.2, -0.15) is 0 Å². The van der Waals surface area contributed by atoms with Crippen molar-refractivity contribution in [2.24, 2.45) is 0 Å². The Balaban J connectivity index is 1.14. The van der Waals surface area contributed by atoms with Gasteiger partial charge in [0.25, 0.3) is 0 Å². The third-order valence-corrected chi connectivity index (χ3v) is 6.60. The lowest BCUT2D eigenvalue weighted by atomic mass is 9.94. The maximum atomic E-state index is 13.9. The smallest absolute Gasteiger partial charge is 0.170 e. The number of carbonyl (C=O) groups is 1. The van der Waals surface area contributed by atoms with E-state index < -0.39 is 6.10 Å². The number of rotatable bonds is 6. The van der Waals surface area contributed by atoms with E-state index in [1.807, 2.05) is 44.2 Å². The zero-order chi connectivity index (χ0) is 26.3. The van der Waals surface area contributed by atoms with Crippen LogP contribution < -0.4 is 14.2 Å². The molecule has 6 rings (SSSR count). The number of halogens is 1. The molecule has 38 heavy (non-hydrogen) atoms. The normalized spacial score (nSPS) is 17.2. The molecule has 1 unspecified atom stereocenters. The van der Waals surface area contributed by atoms with Crippen LogP contribution >= 0.6 is 0 Å². The van der Waals surface area contributed by atoms with Crippen LogP contribution in [-0.2, 0) is 13.2 Å². The van der Waals surface area contributed by atoms with Gasteiger partial charge in [0.1, 0.15) is 47.1 Å². The number of carbonyl (C=O) groups excluding carboxylic acids is 1. The molecule has 1 aromatic heterocycles. The minimum Gasteiger partial charge on any atom is -0.487 e. The van der Waals surface area contributed by atoms with E-state index in [4.69, 9.17) is 14.2 Å². The van der Waals surface area contributed by atoms with Crippen LogP contribution in [0.1, 0.15) is 59.1 Å². The van der Waals surface area contributed by atoms with E-state index in [-0.39, 0.29) is 36.8 Å². The number of Topliss-reactive ketones (excluding diaryl/α,β-unsaturated/α-hetero) is 1. The van der Waals surface area contributed by atoms with Crippen LogP contribution in [-0.4, -0.2) is 26.4 Å². The standard InChI is InChI=1S/C30H26FN3O4/c1-30(2)12-11-20-13-19(7-10-27(20)38-30)28-15-26(35)24-9-8-23(14-29(24)37-28)36-18-22-17-34(33-32-22)16-21-5-3-4-6-25(21)31/h3-14,17,28H,15-16,18H2,1-2H3. The van der Waals surface area contributed by atoms with Crippen LogP contribution in [0.4, 0.5) is 4.39 Å². The molecule has 0 radical (unpaired) electrons. The summed E-state index contributed by atoms with van der Waals surface area (Å²) in [5.74, 6) is 1.57. The lowest BCUT2D eigenvalue weighted by Gasteiger charge is -2.30. The molecular formula is C30H26FN3O4. The summed E-state index contributed by atoms with van der Waals surface area (Å²) in [5, 5.41) is 8.18. The molecule has 8 heteroatoms. The van der Waals surface area contributed by atoms with E-state index in [0.29, 0.717) is 28.3 Å². The van der Waals surface area contributed by atoms with Gasteiger partial charge in [0.05, 0.1) is 24.7 Å². The number of benzene rings is 3. The minimum atomic E-state index is -0.405. The SMILES string of the molecule is CC1(C)C=Cc2cc(C3CC(=O)c4ccc(OCc5cn(Cc6ccccc6F)nn5)cc4O3)ccc2O1. The summed E-state index contributed by atoms with van der Waals surface area (Å²) in [4.78, 5) is 12.9. The van der Waals surface area contributed by atoms with Gasteiger partial charge in [0.15, 0.2) is 5.78 Å². The monoisotopic (exact) mass is 511 g/mol. The largest absolute Gasteiger partial charge is 0.487 e. The Bertz CT molecular complexity index is 1560. The van der Waals surface area contributed by atoms with Crippen molar-refractivity contribution in [2.75, 3.05) is 0 Å². The fourth-order valence-electron chi connectivity index (χ4n) is 4.62. The second-order valence-corrected chi connectivity index (χ2v) is 10.0. The van der Waals surface area contributed by atoms with Crippen molar-refractivity contribution in [1.82, 2.24) is 15.0 Å². The minimum absolute atomic E-state index is 0.0181. The third kappa shape index (κ3) is 4.89. The number of aromatic nitrogens is 3. The molecule has 0 spiro atoms. The topological polar surface area (TPSA) is 75.5 Å². The van der Waals surface area contributed by atoms with Crippen molar-refractivity contribution in [3.8, 4) is 17.2 Å². The molecule has 4 aromatic rings. The van der Waals surface area contributed by atoms with Gasteiger partial charge in [-0.05, 0) is 55.8 Å². The average Bonchev–Trinajstić information content (AvgIpc) is 3.35. The van der Waals surface area contributed by atoms with Gasteiger partial charge in [0.2, 0.25) is 0 Å². The Morgan fingerprint density at radius 3 is 2.84 bits per heavy atom. The van der Waals surface area contributed by atoms with Crippen LogP contribution in [0.3, 0.4) is 0 Å². The lowest BCUT2D eigenvalue weighted by Crippen LogP contribution is -2.27. The molecule has 0 saturated heterocycles. The number of ketones is 1. The maximum absolute atomic E-state index is 13.9. The van der Waals surface area contributed by atoms with Crippen molar-refractivity contribution in [1.29, 1.82) is 0 Å². The molecule has 192 valence electrons. The number of hydrogen-bond acceptors (Lipinski definition) is 6. The van der Waals surface area contributed by atoms with Crippen LogP contribution in [0.2, 0.25) is 0 Å². The Hall–Kier alpha value is -4.46. The van der Waals surface area contributed by atoms with Gasteiger partial charge in [-0.3, -0.25) is 4.79 Å². The molecule has 7 nitrogen and oxygen atoms in total. The van der Waals surface area contributed by atoms with Gasteiger partial charge < -0.3 is 14.2 Å². The van der Waals surface area contributed by atoms with Crippen LogP contribution in [0.25, 0.3) is 6.08 Å². The first-order chi connectivity index (χ1) is 18.3. The zero-order valence-electron chi connectivity index (χ0n) is 21.1. The van der Waals surface area contributed by atoms with E-state index in [2.05, 4.69) is 10.3 Å². The molecule has 2 aliphatic heterocycles. The molecule has 2 aliphatic rings. The van der Waals surface area contributed by atoms with E-state index >= 15 is 0 Å². The molecule has 0 bridgehead atoms. The van der Waals surface area contributed by atoms with Gasteiger partial charge in [-0.1, -0.05) is 35.6 Å². The first kappa shape index (κ1) is 23.9. The van der Waals surface area contributed by atoms with E-state index in [1.165, 1.54) is 6.07 Å². The summed E-state index contributed by atoms with van der Waals surface area (Å²) in [6.45, 7) is 4.46. The maximum Gasteiger partial charge on any atom is 0.170 e. The molecule has 0 amide bonds. The van der Waals surface area contributed by atoms with Crippen LogP contribution in [0, 0.1) is 5.82 Å². The fourth-order valence-corrected chi connectivity index (χ4v) is 4.62. The van der Waals surface area contributed by atoms with Crippen LogP contribution in [0.5, 0.6) is 17.2 Å². The highest BCUT2D eigenvalue weighted by atomic mass is 19.1.